The van der Waals surface area contributed by atoms with E-state index in [0.29, 0.717) is 5.75 Å². The standard InChI is InChI=1S/C9H11NO.C2H6/c1-10-5-4-7-2-3-8(11)6-9(7)10;1-2/h2-3,6,11H,4-5H2,1H3;1-2H3. The van der Waals surface area contributed by atoms with Gasteiger partial charge in [0.2, 0.25) is 0 Å². The van der Waals surface area contributed by atoms with E-state index in [1.54, 1.807) is 6.07 Å². The summed E-state index contributed by atoms with van der Waals surface area (Å²) in [5, 5.41) is 9.19. The third-order valence-corrected chi connectivity index (χ3v) is 2.20. The summed E-state index contributed by atoms with van der Waals surface area (Å²) in [6.45, 7) is 5.07. The Balaban J connectivity index is 0.000000396. The number of phenols is 1. The second kappa shape index (κ2) is 4.17. The van der Waals surface area contributed by atoms with Gasteiger partial charge >= 0.3 is 0 Å². The molecule has 0 radical (unpaired) electrons. The van der Waals surface area contributed by atoms with E-state index in [4.69, 9.17) is 0 Å². The molecule has 1 heterocycles. The molecular weight excluding hydrogens is 162 g/mol. The van der Waals surface area contributed by atoms with Crippen molar-refractivity contribution < 1.29 is 5.11 Å². The van der Waals surface area contributed by atoms with Gasteiger partial charge in [-0.2, -0.15) is 0 Å². The lowest BCUT2D eigenvalue weighted by Crippen LogP contribution is -2.12. The van der Waals surface area contributed by atoms with Crippen LogP contribution in [0.2, 0.25) is 0 Å². The van der Waals surface area contributed by atoms with Gasteiger partial charge in [0.15, 0.2) is 0 Å². The van der Waals surface area contributed by atoms with Gasteiger partial charge in [-0.3, -0.25) is 0 Å². The van der Waals surface area contributed by atoms with E-state index in [1.165, 1.54) is 11.3 Å². The smallest absolute Gasteiger partial charge is 0.117 e. The number of benzene rings is 1. The number of anilines is 1. The molecule has 2 nitrogen and oxygen atoms in total. The molecular formula is C11H17NO. The van der Waals surface area contributed by atoms with Crippen molar-refractivity contribution in [3.05, 3.63) is 23.8 Å². The van der Waals surface area contributed by atoms with E-state index in [0.717, 1.165) is 13.0 Å². The van der Waals surface area contributed by atoms with E-state index in [-0.39, 0.29) is 0 Å². The van der Waals surface area contributed by atoms with Gasteiger partial charge in [0, 0.05) is 25.3 Å². The highest BCUT2D eigenvalue weighted by molar-refractivity contribution is 5.60. The molecule has 1 aliphatic heterocycles. The zero-order chi connectivity index (χ0) is 9.84. The van der Waals surface area contributed by atoms with Crippen LogP contribution >= 0.6 is 0 Å². The third-order valence-electron chi connectivity index (χ3n) is 2.20. The van der Waals surface area contributed by atoms with E-state index < -0.39 is 0 Å². The lowest BCUT2D eigenvalue weighted by molar-refractivity contribution is 0.475. The number of rotatable bonds is 0. The molecule has 0 atom stereocenters. The van der Waals surface area contributed by atoms with Gasteiger partial charge in [-0.05, 0) is 18.1 Å². The van der Waals surface area contributed by atoms with Crippen molar-refractivity contribution in [1.29, 1.82) is 0 Å². The first kappa shape index (κ1) is 9.90. The Hall–Kier alpha value is -1.18. The van der Waals surface area contributed by atoms with Gasteiger partial charge in [0.05, 0.1) is 0 Å². The first-order valence-electron chi connectivity index (χ1n) is 4.80. The molecule has 13 heavy (non-hydrogen) atoms. The van der Waals surface area contributed by atoms with Crippen LogP contribution in [0.25, 0.3) is 0 Å². The van der Waals surface area contributed by atoms with Crippen molar-refractivity contribution in [1.82, 2.24) is 0 Å². The minimum absolute atomic E-state index is 0.359. The molecule has 0 aromatic heterocycles. The normalized spacial score (nSPS) is 13.3. The number of phenolic OH excluding ortho intramolecular Hbond substituents is 1. The number of likely N-dealkylation sites (N-methyl/N-ethyl adjacent to an activating group) is 1. The van der Waals surface area contributed by atoms with Crippen LogP contribution in [0.5, 0.6) is 5.75 Å². The number of hydrogen-bond acceptors (Lipinski definition) is 2. The molecule has 1 aromatic carbocycles. The highest BCUT2D eigenvalue weighted by Crippen LogP contribution is 2.29. The summed E-state index contributed by atoms with van der Waals surface area (Å²) in [7, 11) is 2.05. The van der Waals surface area contributed by atoms with Crippen LogP contribution in [0.4, 0.5) is 5.69 Å². The monoisotopic (exact) mass is 179 g/mol. The third kappa shape index (κ3) is 1.94. The molecule has 0 saturated heterocycles. The summed E-state index contributed by atoms with van der Waals surface area (Å²) in [6, 6.07) is 5.56. The van der Waals surface area contributed by atoms with Gasteiger partial charge in [-0.25, -0.2) is 0 Å². The van der Waals surface area contributed by atoms with Crippen molar-refractivity contribution in [2.24, 2.45) is 0 Å². The summed E-state index contributed by atoms with van der Waals surface area (Å²) in [6.07, 6.45) is 1.10. The highest BCUT2D eigenvalue weighted by atomic mass is 16.3. The van der Waals surface area contributed by atoms with Crippen LogP contribution in [-0.4, -0.2) is 18.7 Å². The summed E-state index contributed by atoms with van der Waals surface area (Å²) >= 11 is 0. The molecule has 0 unspecified atom stereocenters. The lowest BCUT2D eigenvalue weighted by Gasteiger charge is -2.11. The Kier molecular flexibility index (Phi) is 3.18. The average Bonchev–Trinajstić information content (AvgIpc) is 2.52. The van der Waals surface area contributed by atoms with Gasteiger partial charge in [-0.1, -0.05) is 19.9 Å². The fourth-order valence-corrected chi connectivity index (χ4v) is 1.53. The van der Waals surface area contributed by atoms with Gasteiger partial charge in [-0.15, -0.1) is 0 Å². The van der Waals surface area contributed by atoms with Gasteiger partial charge in [0.1, 0.15) is 5.75 Å². The molecule has 1 aromatic rings. The SMILES string of the molecule is CC.CN1CCc2ccc(O)cc21. The first-order chi connectivity index (χ1) is 6.27. The van der Waals surface area contributed by atoms with Crippen molar-refractivity contribution in [3.63, 3.8) is 0 Å². The molecule has 2 heteroatoms. The summed E-state index contributed by atoms with van der Waals surface area (Å²) in [4.78, 5) is 2.16. The topological polar surface area (TPSA) is 23.5 Å². The maximum Gasteiger partial charge on any atom is 0.117 e. The van der Waals surface area contributed by atoms with E-state index >= 15 is 0 Å². The maximum atomic E-state index is 9.19. The molecule has 1 N–H and O–H groups in total. The number of fused-ring (bicyclic) bond motifs is 1. The Labute approximate surface area is 79.8 Å². The molecule has 72 valence electrons. The second-order valence-corrected chi connectivity index (χ2v) is 2.98. The minimum atomic E-state index is 0.359. The van der Waals surface area contributed by atoms with Crippen LogP contribution in [0.3, 0.4) is 0 Å². The Morgan fingerprint density at radius 3 is 2.69 bits per heavy atom. The maximum absolute atomic E-state index is 9.19. The Morgan fingerprint density at radius 1 is 1.31 bits per heavy atom. The van der Waals surface area contributed by atoms with Crippen molar-refractivity contribution in [3.8, 4) is 5.75 Å². The number of nitrogens with zero attached hydrogens (tertiary/aromatic N) is 1. The summed E-state index contributed by atoms with van der Waals surface area (Å²) in [5.74, 6) is 0.359. The van der Waals surface area contributed by atoms with E-state index in [9.17, 15) is 5.11 Å². The molecule has 0 saturated carbocycles. The number of hydrogen-bond donors (Lipinski definition) is 1. The molecule has 0 spiro atoms. The fraction of sp³-hybridized carbons (Fsp3) is 0.455. The first-order valence-corrected chi connectivity index (χ1v) is 4.80. The van der Waals surface area contributed by atoms with E-state index in [2.05, 4.69) is 4.90 Å². The van der Waals surface area contributed by atoms with Crippen molar-refractivity contribution in [2.45, 2.75) is 20.3 Å². The molecule has 0 fully saturated rings. The zero-order valence-electron chi connectivity index (χ0n) is 8.54. The number of aromatic hydroxyl groups is 1. The quantitative estimate of drug-likeness (QED) is 0.661. The van der Waals surface area contributed by atoms with Crippen molar-refractivity contribution in [2.75, 3.05) is 18.5 Å². The molecule has 0 bridgehead atoms. The molecule has 2 rings (SSSR count). The molecule has 1 aliphatic rings. The lowest BCUT2D eigenvalue weighted by atomic mass is 10.1. The predicted octanol–water partition coefficient (Wildman–Crippen LogP) is 2.41. The summed E-state index contributed by atoms with van der Waals surface area (Å²) in [5.41, 5.74) is 2.51. The van der Waals surface area contributed by atoms with Gasteiger partial charge in [0.25, 0.3) is 0 Å². The minimum Gasteiger partial charge on any atom is -0.508 e. The molecule has 0 aliphatic carbocycles. The average molecular weight is 179 g/mol. The van der Waals surface area contributed by atoms with Crippen LogP contribution in [0.15, 0.2) is 18.2 Å². The van der Waals surface area contributed by atoms with Crippen LogP contribution < -0.4 is 4.90 Å². The van der Waals surface area contributed by atoms with E-state index in [1.807, 2.05) is 33.0 Å². The van der Waals surface area contributed by atoms with Crippen LogP contribution in [-0.2, 0) is 6.42 Å². The summed E-state index contributed by atoms with van der Waals surface area (Å²) < 4.78 is 0. The molecule has 0 amide bonds. The fourth-order valence-electron chi connectivity index (χ4n) is 1.53. The Bertz CT molecular complexity index is 283. The Morgan fingerprint density at radius 2 is 2.00 bits per heavy atom. The largest absolute Gasteiger partial charge is 0.508 e. The zero-order valence-corrected chi connectivity index (χ0v) is 8.54. The predicted molar refractivity (Wildman–Crippen MR) is 56.4 cm³/mol. The highest BCUT2D eigenvalue weighted by Gasteiger charge is 2.14. The second-order valence-electron chi connectivity index (χ2n) is 2.98. The van der Waals surface area contributed by atoms with Crippen LogP contribution in [0.1, 0.15) is 19.4 Å². The van der Waals surface area contributed by atoms with Crippen molar-refractivity contribution >= 4 is 5.69 Å². The van der Waals surface area contributed by atoms with Crippen LogP contribution in [0, 0.1) is 0 Å². The van der Waals surface area contributed by atoms with Gasteiger partial charge < -0.3 is 10.0 Å².